The maximum atomic E-state index is 12.8. The van der Waals surface area contributed by atoms with Crippen LogP contribution in [-0.4, -0.2) is 53.8 Å². The lowest BCUT2D eigenvalue weighted by Gasteiger charge is -2.18. The highest BCUT2D eigenvalue weighted by Gasteiger charge is 2.29. The standard InChI is InChI=1S/C25H27Cl2N3O6/c1-14-9-20(28-12-14)23(32)29-13-21(25(34)35)30-24(33)22-18(26)10-15(11-19(22)27)4-5-16(31)6-7-17-3-2-8-36-17/h2-3,6-8,10-11,14,20-21,28H,4-5,9,12-13H2,1H3,(H,29,32)(H,30,33)(H,34,35)/b7-6+/t14-,20+,21+/m1/s1. The van der Waals surface area contributed by atoms with Gasteiger partial charge >= 0.3 is 5.97 Å². The molecule has 0 bridgehead atoms. The largest absolute Gasteiger partial charge is 0.480 e. The molecule has 192 valence electrons. The molecule has 1 aliphatic rings. The van der Waals surface area contributed by atoms with E-state index in [2.05, 4.69) is 16.0 Å². The van der Waals surface area contributed by atoms with Crippen LogP contribution in [0.2, 0.25) is 10.0 Å². The SMILES string of the molecule is C[C@H]1CN[C@H](C(=O)NC[C@H](NC(=O)c2c(Cl)cc(CCC(=O)/C=C/c3ccco3)cc2Cl)C(=O)O)C1. The van der Waals surface area contributed by atoms with Gasteiger partial charge in [-0.15, -0.1) is 0 Å². The first-order valence-corrected chi connectivity index (χ1v) is 12.2. The Hall–Kier alpha value is -3.14. The number of allylic oxidation sites excluding steroid dienone is 1. The summed E-state index contributed by atoms with van der Waals surface area (Å²) in [4.78, 5) is 48.8. The maximum Gasteiger partial charge on any atom is 0.328 e. The van der Waals surface area contributed by atoms with Crippen molar-refractivity contribution in [3.05, 3.63) is 63.5 Å². The van der Waals surface area contributed by atoms with Crippen molar-refractivity contribution in [1.29, 1.82) is 0 Å². The van der Waals surface area contributed by atoms with E-state index in [-0.39, 0.29) is 40.3 Å². The number of carboxylic acids is 1. The quantitative estimate of drug-likeness (QED) is 0.324. The molecule has 0 aliphatic carbocycles. The molecule has 2 heterocycles. The minimum Gasteiger partial charge on any atom is -0.480 e. The van der Waals surface area contributed by atoms with E-state index >= 15 is 0 Å². The smallest absolute Gasteiger partial charge is 0.328 e. The van der Waals surface area contributed by atoms with Gasteiger partial charge in [-0.2, -0.15) is 0 Å². The summed E-state index contributed by atoms with van der Waals surface area (Å²) in [7, 11) is 0. The molecule has 1 aromatic carbocycles. The number of benzene rings is 1. The fourth-order valence-electron chi connectivity index (χ4n) is 3.77. The molecule has 1 fully saturated rings. The van der Waals surface area contributed by atoms with Gasteiger partial charge < -0.3 is 25.5 Å². The van der Waals surface area contributed by atoms with Crippen LogP contribution in [0.5, 0.6) is 0 Å². The van der Waals surface area contributed by atoms with Gasteiger partial charge in [-0.25, -0.2) is 4.79 Å². The van der Waals surface area contributed by atoms with Crippen molar-refractivity contribution in [2.24, 2.45) is 5.92 Å². The van der Waals surface area contributed by atoms with Crippen molar-refractivity contribution in [3.63, 3.8) is 0 Å². The molecule has 3 rings (SSSR count). The monoisotopic (exact) mass is 535 g/mol. The summed E-state index contributed by atoms with van der Waals surface area (Å²) in [5.41, 5.74) is 0.552. The number of rotatable bonds is 11. The third-order valence-electron chi connectivity index (χ3n) is 5.72. The summed E-state index contributed by atoms with van der Waals surface area (Å²) in [5.74, 6) is -1.65. The average Bonchev–Trinajstić information content (AvgIpc) is 3.50. The van der Waals surface area contributed by atoms with E-state index in [0.717, 1.165) is 0 Å². The zero-order chi connectivity index (χ0) is 26.2. The molecule has 1 aliphatic heterocycles. The number of hydrogen-bond acceptors (Lipinski definition) is 6. The summed E-state index contributed by atoms with van der Waals surface area (Å²) >= 11 is 12.6. The summed E-state index contributed by atoms with van der Waals surface area (Å²) < 4.78 is 5.14. The second-order valence-electron chi connectivity index (χ2n) is 8.66. The highest BCUT2D eigenvalue weighted by atomic mass is 35.5. The van der Waals surface area contributed by atoms with Crippen LogP contribution < -0.4 is 16.0 Å². The van der Waals surface area contributed by atoms with E-state index in [1.54, 1.807) is 18.2 Å². The highest BCUT2D eigenvalue weighted by molar-refractivity contribution is 6.39. The number of carbonyl (C=O) groups excluding carboxylic acids is 3. The Balaban J connectivity index is 1.57. The van der Waals surface area contributed by atoms with Gasteiger partial charge in [0.15, 0.2) is 5.78 Å². The fourth-order valence-corrected chi connectivity index (χ4v) is 4.47. The Labute approximate surface area is 218 Å². The van der Waals surface area contributed by atoms with Crippen molar-refractivity contribution in [2.45, 2.75) is 38.3 Å². The number of halogens is 2. The number of carboxylic acid groups (broad SMARTS) is 1. The number of aryl methyl sites for hydroxylation is 1. The number of aliphatic carboxylic acids is 1. The zero-order valence-corrected chi connectivity index (χ0v) is 21.1. The van der Waals surface area contributed by atoms with Crippen molar-refractivity contribution in [1.82, 2.24) is 16.0 Å². The lowest BCUT2D eigenvalue weighted by atomic mass is 10.0. The first-order chi connectivity index (χ1) is 17.1. The first-order valence-electron chi connectivity index (χ1n) is 11.4. The minimum atomic E-state index is -1.38. The van der Waals surface area contributed by atoms with Crippen molar-refractivity contribution in [3.8, 4) is 0 Å². The van der Waals surface area contributed by atoms with Gasteiger partial charge in [-0.3, -0.25) is 14.4 Å². The van der Waals surface area contributed by atoms with E-state index < -0.39 is 24.0 Å². The number of carbonyl (C=O) groups is 4. The molecule has 3 atom stereocenters. The topological polar surface area (TPSA) is 138 Å². The number of ketones is 1. The minimum absolute atomic E-state index is 0.0193. The van der Waals surface area contributed by atoms with E-state index in [1.165, 1.54) is 24.5 Å². The van der Waals surface area contributed by atoms with Crippen LogP contribution >= 0.6 is 23.2 Å². The molecule has 4 N–H and O–H groups in total. The fraction of sp³-hybridized carbons (Fsp3) is 0.360. The first kappa shape index (κ1) is 27.4. The molecule has 36 heavy (non-hydrogen) atoms. The normalized spacial score (nSPS) is 18.2. The Morgan fingerprint density at radius 3 is 2.56 bits per heavy atom. The van der Waals surface area contributed by atoms with Gasteiger partial charge in [0.1, 0.15) is 11.8 Å². The van der Waals surface area contributed by atoms with Crippen LogP contribution in [0.3, 0.4) is 0 Å². The maximum absolute atomic E-state index is 12.8. The summed E-state index contributed by atoms with van der Waals surface area (Å²) in [5, 5.41) is 17.5. The summed E-state index contributed by atoms with van der Waals surface area (Å²) in [6.45, 7) is 2.42. The lowest BCUT2D eigenvalue weighted by Crippen LogP contribution is -2.51. The molecule has 0 unspecified atom stereocenters. The predicted octanol–water partition coefficient (Wildman–Crippen LogP) is 3.10. The van der Waals surface area contributed by atoms with Crippen LogP contribution in [0.4, 0.5) is 0 Å². The lowest BCUT2D eigenvalue weighted by molar-refractivity contribution is -0.139. The van der Waals surface area contributed by atoms with Crippen LogP contribution in [-0.2, 0) is 20.8 Å². The Morgan fingerprint density at radius 1 is 1.25 bits per heavy atom. The van der Waals surface area contributed by atoms with Gasteiger partial charge in [0, 0.05) is 13.0 Å². The van der Waals surface area contributed by atoms with E-state index in [1.807, 2.05) is 6.92 Å². The highest BCUT2D eigenvalue weighted by Crippen LogP contribution is 2.27. The molecule has 9 nitrogen and oxygen atoms in total. The molecule has 0 radical (unpaired) electrons. The van der Waals surface area contributed by atoms with Crippen LogP contribution in [0.25, 0.3) is 6.08 Å². The van der Waals surface area contributed by atoms with Gasteiger partial charge in [0.05, 0.1) is 27.9 Å². The zero-order valence-electron chi connectivity index (χ0n) is 19.6. The number of nitrogens with one attached hydrogen (secondary N) is 3. The number of furan rings is 1. The third-order valence-corrected chi connectivity index (χ3v) is 6.31. The van der Waals surface area contributed by atoms with Crippen molar-refractivity contribution >= 4 is 52.8 Å². The molecule has 1 aromatic heterocycles. The van der Waals surface area contributed by atoms with E-state index in [0.29, 0.717) is 36.6 Å². The van der Waals surface area contributed by atoms with E-state index in [4.69, 9.17) is 27.6 Å². The summed E-state index contributed by atoms with van der Waals surface area (Å²) in [6.07, 6.45) is 5.67. The third kappa shape index (κ3) is 7.68. The average molecular weight is 536 g/mol. The number of hydrogen-bond donors (Lipinski definition) is 4. The van der Waals surface area contributed by atoms with Crippen molar-refractivity contribution < 1.29 is 28.7 Å². The molecule has 0 saturated carbocycles. The Morgan fingerprint density at radius 2 is 1.97 bits per heavy atom. The second kappa shape index (κ2) is 12.7. The summed E-state index contributed by atoms with van der Waals surface area (Å²) in [6, 6.07) is 4.69. The molecule has 11 heteroatoms. The molecule has 2 amide bonds. The van der Waals surface area contributed by atoms with Gasteiger partial charge in [0.2, 0.25) is 5.91 Å². The molecular weight excluding hydrogens is 509 g/mol. The van der Waals surface area contributed by atoms with Crippen LogP contribution in [0, 0.1) is 5.92 Å². The van der Waals surface area contributed by atoms with Gasteiger partial charge in [-0.1, -0.05) is 30.1 Å². The second-order valence-corrected chi connectivity index (χ2v) is 9.48. The number of amides is 2. The van der Waals surface area contributed by atoms with Crippen LogP contribution in [0.15, 0.2) is 41.0 Å². The molecule has 0 spiro atoms. The van der Waals surface area contributed by atoms with Crippen LogP contribution in [0.1, 0.15) is 41.4 Å². The Bertz CT molecular complexity index is 1130. The molecular formula is C25H27Cl2N3O6. The van der Waals surface area contributed by atoms with E-state index in [9.17, 15) is 24.3 Å². The van der Waals surface area contributed by atoms with Gasteiger partial charge in [-0.05, 0) is 67.3 Å². The van der Waals surface area contributed by atoms with Gasteiger partial charge in [0.25, 0.3) is 5.91 Å². The predicted molar refractivity (Wildman–Crippen MR) is 135 cm³/mol. The molecule has 1 saturated heterocycles. The Kier molecular flexibility index (Phi) is 9.69. The molecule has 2 aromatic rings. The van der Waals surface area contributed by atoms with Crippen molar-refractivity contribution in [2.75, 3.05) is 13.1 Å².